The molecule has 8 atom stereocenters. The summed E-state index contributed by atoms with van der Waals surface area (Å²) < 4.78 is -4.01. The Kier molecular flexibility index (Phi) is 6.60. The molecule has 0 aromatic heterocycles. The van der Waals surface area contributed by atoms with E-state index in [2.05, 4.69) is 0 Å². The van der Waals surface area contributed by atoms with E-state index >= 15 is 0 Å². The van der Waals surface area contributed by atoms with Gasteiger partial charge >= 0.3 is 0 Å². The molecule has 2 saturated carbocycles. The lowest BCUT2D eigenvalue weighted by molar-refractivity contribution is 0.201. The minimum absolute atomic E-state index is 0.000290. The SMILES string of the molecule is ClC1=C(Cl)[C@]2(Cl)[C@@H]3[C@@H]4[C@@H](c5c(Cl)c(Cl)c(Cl)c(Cl)c5[C@H]3[C@@]1(Cl)C2(Cl)Cl)[C@@]1(Cl)C(Cl)=C(Cl)[C@]4(Cl)C1(Cl)Cl. The third-order valence-corrected chi connectivity index (χ3v) is 18.7. The van der Waals surface area contributed by atoms with Crippen LogP contribution in [0, 0.1) is 11.8 Å². The van der Waals surface area contributed by atoms with Gasteiger partial charge in [0.15, 0.2) is 8.67 Å². The molecule has 16 heteroatoms. The minimum atomic E-state index is -2.00. The molecule has 0 nitrogen and oxygen atoms in total. The Morgan fingerprint density at radius 2 is 0.611 bits per heavy atom. The summed E-state index contributed by atoms with van der Waals surface area (Å²) in [5, 5.41) is -0.425. The van der Waals surface area contributed by atoms with Gasteiger partial charge in [-0.15, -0.1) is 46.4 Å². The third kappa shape index (κ3) is 2.54. The molecule has 6 rings (SSSR count). The van der Waals surface area contributed by atoms with E-state index in [1.807, 2.05) is 0 Å². The number of benzene rings is 1. The molecule has 0 spiro atoms. The van der Waals surface area contributed by atoms with Gasteiger partial charge in [0.25, 0.3) is 0 Å². The van der Waals surface area contributed by atoms with E-state index in [0.717, 1.165) is 0 Å². The van der Waals surface area contributed by atoms with Crippen LogP contribution in [0.5, 0.6) is 0 Å². The first kappa shape index (κ1) is 29.4. The number of allylic oxidation sites excluding steroid dienone is 4. The summed E-state index contributed by atoms with van der Waals surface area (Å²) >= 11 is 110. The summed E-state index contributed by atoms with van der Waals surface area (Å²) in [6.45, 7) is 0. The fraction of sp³-hybridized carbons (Fsp3) is 0.500. The first-order valence-corrected chi connectivity index (χ1v) is 15.8. The Hall–Kier alpha value is 3.34. The quantitative estimate of drug-likeness (QED) is 0.139. The number of fused-ring (bicyclic) bond motifs is 14. The van der Waals surface area contributed by atoms with Gasteiger partial charge in [-0.1, -0.05) is 139 Å². The maximum Gasteiger partial charge on any atom is 0.167 e. The molecule has 5 aliphatic carbocycles. The van der Waals surface area contributed by atoms with Crippen molar-refractivity contribution in [1.29, 1.82) is 0 Å². The van der Waals surface area contributed by atoms with Crippen molar-refractivity contribution in [3.63, 3.8) is 0 Å². The molecule has 0 amide bonds. The number of hydrogen-bond acceptors (Lipinski definition) is 0. The van der Waals surface area contributed by atoms with Gasteiger partial charge in [-0.3, -0.25) is 0 Å². The maximum absolute atomic E-state index is 7.28. The average Bonchev–Trinajstić information content (AvgIpc) is 3.15. The predicted octanol–water partition coefficient (Wildman–Crippen LogP) is 12.4. The van der Waals surface area contributed by atoms with Gasteiger partial charge in [0.05, 0.1) is 40.2 Å². The normalized spacial score (nSPS) is 47.0. The molecule has 36 heavy (non-hydrogen) atoms. The van der Waals surface area contributed by atoms with E-state index in [0.29, 0.717) is 11.1 Å². The highest BCUT2D eigenvalue weighted by Gasteiger charge is 2.92. The lowest BCUT2D eigenvalue weighted by Crippen LogP contribution is -2.53. The van der Waals surface area contributed by atoms with Crippen LogP contribution in [0.2, 0.25) is 20.1 Å². The largest absolute Gasteiger partial charge is 0.167 e. The number of halogens is 16. The van der Waals surface area contributed by atoms with Gasteiger partial charge in [0.2, 0.25) is 0 Å². The Balaban J connectivity index is 1.86. The minimum Gasteiger partial charge on any atom is -0.109 e. The molecule has 196 valence electrons. The molecule has 2 fully saturated rings. The highest BCUT2D eigenvalue weighted by atomic mass is 35.5. The molecule has 1 aromatic rings. The van der Waals surface area contributed by atoms with E-state index in [9.17, 15) is 0 Å². The Labute approximate surface area is 285 Å². The summed E-state index contributed by atoms with van der Waals surface area (Å²) in [4.78, 5) is -7.28. The molecule has 0 heterocycles. The van der Waals surface area contributed by atoms with E-state index in [1.54, 1.807) is 0 Å². The van der Waals surface area contributed by atoms with E-state index in [4.69, 9.17) is 186 Å². The van der Waals surface area contributed by atoms with Gasteiger partial charge < -0.3 is 0 Å². The Morgan fingerprint density at radius 1 is 0.361 bits per heavy atom. The maximum atomic E-state index is 7.28. The van der Waals surface area contributed by atoms with Crippen LogP contribution in [0.4, 0.5) is 0 Å². The van der Waals surface area contributed by atoms with Crippen molar-refractivity contribution in [1.82, 2.24) is 0 Å². The van der Waals surface area contributed by atoms with E-state index in [1.165, 1.54) is 0 Å². The van der Waals surface area contributed by atoms with Gasteiger partial charge in [0, 0.05) is 23.7 Å². The van der Waals surface area contributed by atoms with Crippen LogP contribution in [0.15, 0.2) is 20.1 Å². The summed E-state index contributed by atoms with van der Waals surface area (Å²) in [6, 6.07) is 0. The van der Waals surface area contributed by atoms with E-state index < -0.39 is 51.8 Å². The Morgan fingerprint density at radius 3 is 0.889 bits per heavy atom. The van der Waals surface area contributed by atoms with Crippen molar-refractivity contribution in [3.05, 3.63) is 51.3 Å². The van der Waals surface area contributed by atoms with Crippen molar-refractivity contribution < 1.29 is 0 Å². The molecular formula is C20H4Cl16. The number of alkyl halides is 8. The van der Waals surface area contributed by atoms with Crippen LogP contribution in [0.25, 0.3) is 0 Å². The standard InChI is InChI=1S/C20H4Cl16/c21-7-1-2(8(22)10(24)9(7)23)4-6(18(32)14(28)12(26)16(4,30)20(18,35)36)5-3(1)15(29)11(25)13(27)17(5,31)19(15,33)34/h3-6H/t3-,4-,5+,6+,15-,16+,17+,18-/m1/s1. The number of hydrogen-bond donors (Lipinski definition) is 0. The highest BCUT2D eigenvalue weighted by Crippen LogP contribution is 2.89. The zero-order valence-electron chi connectivity index (χ0n) is 16.4. The van der Waals surface area contributed by atoms with E-state index in [-0.39, 0.29) is 40.2 Å². The van der Waals surface area contributed by atoms with Crippen molar-refractivity contribution in [3.8, 4) is 0 Å². The van der Waals surface area contributed by atoms with Crippen molar-refractivity contribution >= 4 is 186 Å². The molecule has 4 bridgehead atoms. The van der Waals surface area contributed by atoms with Crippen LogP contribution in [0.3, 0.4) is 0 Å². The van der Waals surface area contributed by atoms with Crippen LogP contribution in [-0.4, -0.2) is 28.2 Å². The summed E-state index contributed by atoms with van der Waals surface area (Å²) in [7, 11) is 0. The predicted molar refractivity (Wildman–Crippen MR) is 160 cm³/mol. The number of rotatable bonds is 0. The molecule has 0 unspecified atom stereocenters. The van der Waals surface area contributed by atoms with Gasteiger partial charge in [-0.2, -0.15) is 0 Å². The van der Waals surface area contributed by atoms with Crippen LogP contribution < -0.4 is 0 Å². The van der Waals surface area contributed by atoms with Crippen molar-refractivity contribution in [2.45, 2.75) is 40.0 Å². The second kappa shape index (κ2) is 8.08. The van der Waals surface area contributed by atoms with Crippen LogP contribution in [0.1, 0.15) is 23.0 Å². The van der Waals surface area contributed by atoms with Crippen molar-refractivity contribution in [2.75, 3.05) is 0 Å². The topological polar surface area (TPSA) is 0 Å². The average molecular weight is 811 g/mol. The first-order valence-electron chi connectivity index (χ1n) is 9.76. The van der Waals surface area contributed by atoms with Crippen molar-refractivity contribution in [2.24, 2.45) is 11.8 Å². The second-order valence-corrected chi connectivity index (χ2v) is 17.4. The third-order valence-electron chi connectivity index (χ3n) is 8.34. The Bertz CT molecular complexity index is 1280. The lowest BCUT2D eigenvalue weighted by Gasteiger charge is -2.53. The van der Waals surface area contributed by atoms with Crippen LogP contribution in [-0.2, 0) is 0 Å². The highest BCUT2D eigenvalue weighted by molar-refractivity contribution is 6.68. The fourth-order valence-electron chi connectivity index (χ4n) is 6.99. The van der Waals surface area contributed by atoms with Gasteiger partial charge in [-0.05, 0) is 11.1 Å². The molecular weight excluding hydrogens is 807 g/mol. The summed E-state index contributed by atoms with van der Waals surface area (Å²) in [5.74, 6) is -3.84. The molecule has 5 aliphatic rings. The lowest BCUT2D eigenvalue weighted by atomic mass is 9.57. The molecule has 0 saturated heterocycles. The summed E-state index contributed by atoms with van der Waals surface area (Å²) in [5.41, 5.74) is 0.593. The smallest absolute Gasteiger partial charge is 0.109 e. The summed E-state index contributed by atoms with van der Waals surface area (Å²) in [6.07, 6.45) is 0. The zero-order chi connectivity index (χ0) is 27.1. The first-order chi connectivity index (χ1) is 16.3. The second-order valence-electron chi connectivity index (χ2n) is 9.34. The monoisotopic (exact) mass is 804 g/mol. The molecule has 0 radical (unpaired) electrons. The molecule has 1 aromatic carbocycles. The molecule has 0 aliphatic heterocycles. The fourth-order valence-corrected chi connectivity index (χ4v) is 14.2. The van der Waals surface area contributed by atoms with Gasteiger partial charge in [0.1, 0.15) is 19.5 Å². The molecule has 0 N–H and O–H groups in total. The van der Waals surface area contributed by atoms with Gasteiger partial charge in [-0.25, -0.2) is 0 Å². The van der Waals surface area contributed by atoms with Crippen LogP contribution >= 0.6 is 186 Å². The zero-order valence-corrected chi connectivity index (χ0v) is 28.5.